The Morgan fingerprint density at radius 2 is 2.25 bits per heavy atom. The Hall–Kier alpha value is -2.31. The first-order chi connectivity index (χ1) is 6.22. The summed E-state index contributed by atoms with van der Waals surface area (Å²) in [4.78, 5) is 3.08. The van der Waals surface area contributed by atoms with Gasteiger partial charge in [0.2, 0.25) is 5.69 Å². The fourth-order valence-corrected chi connectivity index (χ4v) is 0.727. The van der Waals surface area contributed by atoms with Crippen molar-refractivity contribution in [2.75, 3.05) is 0 Å². The summed E-state index contributed by atoms with van der Waals surface area (Å²) in [5.41, 5.74) is 0.374. The van der Waals surface area contributed by atoms with Crippen LogP contribution in [0.25, 0.3) is 4.85 Å². The van der Waals surface area contributed by atoms with Crippen LogP contribution in [0, 0.1) is 29.2 Å². The predicted molar refractivity (Wildman–Crippen MR) is 42.1 cm³/mol. The Morgan fingerprint density at radius 1 is 1.50 bits per heavy atom. The van der Waals surface area contributed by atoms with Crippen molar-refractivity contribution in [2.45, 2.75) is 0 Å². The Bertz CT molecular complexity index is 471. The van der Waals surface area contributed by atoms with Crippen molar-refractivity contribution in [3.05, 3.63) is 40.7 Å². The summed E-state index contributed by atoms with van der Waals surface area (Å²) in [5, 5.41) is 17.1. The van der Waals surface area contributed by atoms with Crippen LogP contribution in [0.1, 0.15) is 12.5 Å². The maximum absolute atomic E-state index is 8.58. The lowest BCUT2D eigenvalue weighted by atomic mass is 10.1. The summed E-state index contributed by atoms with van der Waals surface area (Å²) in [6.07, 6.45) is 0. The van der Waals surface area contributed by atoms with Gasteiger partial charge in [-0.2, -0.15) is 10.5 Å². The highest BCUT2D eigenvalue weighted by Gasteiger charge is 2.01. The van der Waals surface area contributed by atoms with Crippen molar-refractivity contribution < 1.29 is 1.37 Å². The monoisotopic (exact) mass is 154 g/mol. The van der Waals surface area contributed by atoms with Crippen LogP contribution in [0.15, 0.2) is 18.2 Å². The van der Waals surface area contributed by atoms with Gasteiger partial charge >= 0.3 is 0 Å². The molecule has 0 fully saturated rings. The molecule has 0 atom stereocenters. The van der Waals surface area contributed by atoms with Gasteiger partial charge in [0.1, 0.15) is 0 Å². The molecule has 0 heterocycles. The van der Waals surface area contributed by atoms with Crippen LogP contribution in [0.5, 0.6) is 0 Å². The second-order valence-corrected chi connectivity index (χ2v) is 1.98. The van der Waals surface area contributed by atoms with Crippen molar-refractivity contribution >= 4 is 5.69 Å². The maximum atomic E-state index is 8.58. The van der Waals surface area contributed by atoms with E-state index in [1.807, 2.05) is 0 Å². The van der Waals surface area contributed by atoms with Gasteiger partial charge in [-0.3, -0.25) is 0 Å². The fraction of sp³-hybridized carbons (Fsp3) is 0. The molecule has 1 aromatic rings. The van der Waals surface area contributed by atoms with Gasteiger partial charge in [-0.15, -0.1) is 0 Å². The molecule has 0 radical (unpaired) electrons. The van der Waals surface area contributed by atoms with Gasteiger partial charge in [0.05, 0.1) is 25.6 Å². The van der Waals surface area contributed by atoms with E-state index < -0.39 is 0 Å². The molecule has 12 heavy (non-hydrogen) atoms. The molecule has 1 aromatic carbocycles. The number of rotatable bonds is 0. The lowest BCUT2D eigenvalue weighted by Gasteiger charge is -1.92. The highest BCUT2D eigenvalue weighted by Crippen LogP contribution is 2.19. The zero-order chi connectivity index (χ0) is 9.84. The van der Waals surface area contributed by atoms with Gasteiger partial charge in [0.15, 0.2) is 0 Å². The van der Waals surface area contributed by atoms with Gasteiger partial charge in [-0.25, -0.2) is 4.85 Å². The second-order valence-electron chi connectivity index (χ2n) is 1.98. The van der Waals surface area contributed by atoms with Crippen LogP contribution in [-0.4, -0.2) is 0 Å². The number of benzene rings is 1. The lowest BCUT2D eigenvalue weighted by Crippen LogP contribution is -1.77. The SMILES string of the molecule is [2H]c1cc(C#N)c([N+]#[C-])cc1C#N. The lowest BCUT2D eigenvalue weighted by molar-refractivity contribution is 1.46. The number of hydrogen-bond acceptors (Lipinski definition) is 2. The first-order valence-electron chi connectivity index (χ1n) is 3.55. The molecule has 3 nitrogen and oxygen atoms in total. The minimum Gasteiger partial charge on any atom is -0.237 e. The average Bonchev–Trinajstić information content (AvgIpc) is 2.17. The molecule has 54 valence electrons. The van der Waals surface area contributed by atoms with Crippen molar-refractivity contribution in [1.29, 1.82) is 10.5 Å². The molecule has 3 heteroatoms. The Kier molecular flexibility index (Phi) is 1.70. The molecule has 0 saturated carbocycles. The number of hydrogen-bond donors (Lipinski definition) is 0. The summed E-state index contributed by atoms with van der Waals surface area (Å²) in [6.45, 7) is 6.73. The quantitative estimate of drug-likeness (QED) is 0.536. The molecule has 0 bridgehead atoms. The van der Waals surface area contributed by atoms with E-state index in [9.17, 15) is 0 Å². The molecular formula is C9H3N3. The summed E-state index contributed by atoms with van der Waals surface area (Å²) in [6, 6.07) is 6.04. The van der Waals surface area contributed by atoms with Crippen molar-refractivity contribution in [2.24, 2.45) is 0 Å². The van der Waals surface area contributed by atoms with Gasteiger partial charge in [-0.05, 0) is 12.1 Å². The molecule has 1 rings (SSSR count). The third kappa shape index (κ3) is 1.24. The van der Waals surface area contributed by atoms with Gasteiger partial charge in [-0.1, -0.05) is 6.07 Å². The molecule has 0 amide bonds. The van der Waals surface area contributed by atoms with Crippen LogP contribution >= 0.6 is 0 Å². The van der Waals surface area contributed by atoms with Gasteiger partial charge in [0, 0.05) is 5.56 Å². The standard InChI is InChI=1S/C9H3N3/c1-12-9-4-7(5-10)2-3-8(9)6-11/h2-4H/i2D. The van der Waals surface area contributed by atoms with Gasteiger partial charge < -0.3 is 0 Å². The predicted octanol–water partition coefficient (Wildman–Crippen LogP) is 1.98. The highest BCUT2D eigenvalue weighted by atomic mass is 14.6. The molecule has 0 aromatic heterocycles. The molecule has 0 aliphatic carbocycles. The Labute approximate surface area is 71.3 Å². The summed E-state index contributed by atoms with van der Waals surface area (Å²) < 4.78 is 7.31. The van der Waals surface area contributed by atoms with Crippen molar-refractivity contribution in [3.63, 3.8) is 0 Å². The van der Waals surface area contributed by atoms with E-state index >= 15 is 0 Å². The van der Waals surface area contributed by atoms with E-state index in [4.69, 9.17) is 18.5 Å². The molecule has 0 aliphatic heterocycles. The van der Waals surface area contributed by atoms with Crippen molar-refractivity contribution in [1.82, 2.24) is 0 Å². The number of nitriles is 2. The fourth-order valence-electron chi connectivity index (χ4n) is 0.727. The Morgan fingerprint density at radius 3 is 2.75 bits per heavy atom. The van der Waals surface area contributed by atoms with E-state index in [1.165, 1.54) is 12.1 Å². The third-order valence-electron chi connectivity index (χ3n) is 1.29. The highest BCUT2D eigenvalue weighted by molar-refractivity contribution is 5.61. The molecular weight excluding hydrogens is 150 g/mol. The minimum absolute atomic E-state index is 0.0218. The van der Waals surface area contributed by atoms with E-state index in [1.54, 1.807) is 12.1 Å². The number of nitrogens with zero attached hydrogens (tertiary/aromatic N) is 3. The topological polar surface area (TPSA) is 51.9 Å². The molecule has 0 unspecified atom stereocenters. The first kappa shape index (κ1) is 6.40. The van der Waals surface area contributed by atoms with Crippen LogP contribution in [0.3, 0.4) is 0 Å². The van der Waals surface area contributed by atoms with E-state index in [0.717, 1.165) is 0 Å². The largest absolute Gasteiger partial charge is 0.237 e. The van der Waals surface area contributed by atoms with Crippen molar-refractivity contribution in [3.8, 4) is 12.1 Å². The smallest absolute Gasteiger partial charge is 0.205 e. The summed E-state index contributed by atoms with van der Waals surface area (Å²) in [7, 11) is 0. The zero-order valence-corrected chi connectivity index (χ0v) is 6.00. The van der Waals surface area contributed by atoms with Crippen LogP contribution in [0.2, 0.25) is 0 Å². The molecule has 0 N–H and O–H groups in total. The van der Waals surface area contributed by atoms with E-state index in [-0.39, 0.29) is 22.9 Å². The maximum Gasteiger partial charge on any atom is 0.205 e. The van der Waals surface area contributed by atoms with E-state index in [0.29, 0.717) is 0 Å². The normalized spacial score (nSPS) is 8.92. The average molecular weight is 154 g/mol. The van der Waals surface area contributed by atoms with Crippen LogP contribution in [0.4, 0.5) is 5.69 Å². The minimum atomic E-state index is -0.0218. The summed E-state index contributed by atoms with van der Waals surface area (Å²) >= 11 is 0. The second kappa shape index (κ2) is 3.19. The van der Waals surface area contributed by atoms with E-state index in [2.05, 4.69) is 4.85 Å². The third-order valence-corrected chi connectivity index (χ3v) is 1.29. The van der Waals surface area contributed by atoms with Crippen LogP contribution in [-0.2, 0) is 0 Å². The molecule has 0 aliphatic rings. The zero-order valence-electron chi connectivity index (χ0n) is 7.00. The van der Waals surface area contributed by atoms with Crippen LogP contribution < -0.4 is 0 Å². The van der Waals surface area contributed by atoms with Gasteiger partial charge in [0.25, 0.3) is 0 Å². The first-order valence-corrected chi connectivity index (χ1v) is 3.05. The molecule has 0 spiro atoms. The Balaban J connectivity index is 3.51. The summed E-state index contributed by atoms with van der Waals surface area (Å²) in [5.74, 6) is 0. The molecule has 0 saturated heterocycles.